The third-order valence-corrected chi connectivity index (χ3v) is 4.67. The number of ether oxygens (including phenoxy) is 1. The molecule has 0 saturated heterocycles. The van der Waals surface area contributed by atoms with Crippen molar-refractivity contribution < 1.29 is 13.9 Å². The summed E-state index contributed by atoms with van der Waals surface area (Å²) in [4.78, 5) is 13.0. The molecule has 1 amide bonds. The Morgan fingerprint density at radius 1 is 0.964 bits per heavy atom. The van der Waals surface area contributed by atoms with Crippen molar-refractivity contribution in [2.24, 2.45) is 0 Å². The molecule has 0 bridgehead atoms. The molecule has 2 atom stereocenters. The summed E-state index contributed by atoms with van der Waals surface area (Å²) in [5.74, 6) is -0.0759. The van der Waals surface area contributed by atoms with Crippen LogP contribution in [0.1, 0.15) is 36.1 Å². The number of amides is 1. The molecule has 0 spiro atoms. The predicted molar refractivity (Wildman–Crippen MR) is 109 cm³/mol. The van der Waals surface area contributed by atoms with Crippen LogP contribution in [0.15, 0.2) is 78.9 Å². The van der Waals surface area contributed by atoms with Crippen molar-refractivity contribution in [3.8, 4) is 5.75 Å². The Bertz CT molecular complexity index is 909. The fourth-order valence-electron chi connectivity index (χ4n) is 3.13. The molecule has 0 aromatic heterocycles. The molecule has 3 aromatic rings. The van der Waals surface area contributed by atoms with Gasteiger partial charge in [-0.05, 0) is 54.3 Å². The maximum absolute atomic E-state index is 13.1. The molecular weight excluding hydrogens is 353 g/mol. The summed E-state index contributed by atoms with van der Waals surface area (Å²) in [6.07, 6.45) is -0.168. The average Bonchev–Trinajstić information content (AvgIpc) is 2.72. The Labute approximate surface area is 165 Å². The predicted octanol–water partition coefficient (Wildman–Crippen LogP) is 5.20. The minimum Gasteiger partial charge on any atom is -0.481 e. The Kier molecular flexibility index (Phi) is 6.43. The van der Waals surface area contributed by atoms with E-state index < -0.39 is 6.10 Å². The second kappa shape index (κ2) is 9.18. The quantitative estimate of drug-likeness (QED) is 0.615. The van der Waals surface area contributed by atoms with Crippen molar-refractivity contribution in [1.29, 1.82) is 0 Å². The lowest BCUT2D eigenvalue weighted by molar-refractivity contribution is -0.128. The minimum atomic E-state index is -0.666. The van der Waals surface area contributed by atoms with Gasteiger partial charge < -0.3 is 10.1 Å². The second-order valence-electron chi connectivity index (χ2n) is 6.68. The van der Waals surface area contributed by atoms with Gasteiger partial charge >= 0.3 is 0 Å². The van der Waals surface area contributed by atoms with E-state index in [2.05, 4.69) is 5.32 Å². The van der Waals surface area contributed by atoms with Gasteiger partial charge in [-0.25, -0.2) is 4.39 Å². The minimum absolute atomic E-state index is 0.205. The van der Waals surface area contributed by atoms with Gasteiger partial charge in [0.05, 0.1) is 6.04 Å². The Balaban J connectivity index is 1.84. The zero-order chi connectivity index (χ0) is 19.9. The summed E-state index contributed by atoms with van der Waals surface area (Å²) >= 11 is 0. The Hall–Kier alpha value is -3.14. The monoisotopic (exact) mass is 377 g/mol. The van der Waals surface area contributed by atoms with Crippen molar-refractivity contribution in [3.05, 3.63) is 101 Å². The number of hydrogen-bond acceptors (Lipinski definition) is 2. The van der Waals surface area contributed by atoms with Crippen molar-refractivity contribution in [1.82, 2.24) is 5.32 Å². The lowest BCUT2D eigenvalue weighted by atomic mass is 9.94. The van der Waals surface area contributed by atoms with Crippen LogP contribution in [0.25, 0.3) is 0 Å². The van der Waals surface area contributed by atoms with E-state index in [0.29, 0.717) is 12.2 Å². The number of hydrogen-bond donors (Lipinski definition) is 1. The van der Waals surface area contributed by atoms with Crippen LogP contribution in [0, 0.1) is 12.7 Å². The number of nitrogens with one attached hydrogen (secondary N) is 1. The van der Waals surface area contributed by atoms with E-state index in [0.717, 1.165) is 16.7 Å². The van der Waals surface area contributed by atoms with Crippen LogP contribution in [0.4, 0.5) is 4.39 Å². The van der Waals surface area contributed by atoms with Gasteiger partial charge in [-0.1, -0.05) is 61.5 Å². The molecule has 0 radical (unpaired) electrons. The fraction of sp³-hybridized carbons (Fsp3) is 0.208. The summed E-state index contributed by atoms with van der Waals surface area (Å²) in [6, 6.07) is 23.3. The number of benzene rings is 3. The topological polar surface area (TPSA) is 38.3 Å². The molecule has 3 rings (SSSR count). The first kappa shape index (κ1) is 19.6. The van der Waals surface area contributed by atoms with Crippen molar-refractivity contribution >= 4 is 5.91 Å². The number of carbonyl (C=O) groups is 1. The normalized spacial score (nSPS) is 12.8. The maximum Gasteiger partial charge on any atom is 0.261 e. The maximum atomic E-state index is 13.1. The molecule has 28 heavy (non-hydrogen) atoms. The van der Waals surface area contributed by atoms with Crippen molar-refractivity contribution in [2.45, 2.75) is 32.4 Å². The summed E-state index contributed by atoms with van der Waals surface area (Å²) in [5.41, 5.74) is 3.14. The van der Waals surface area contributed by atoms with Crippen LogP contribution >= 0.6 is 0 Å². The van der Waals surface area contributed by atoms with Crippen LogP contribution in [0.5, 0.6) is 5.75 Å². The smallest absolute Gasteiger partial charge is 0.261 e. The number of rotatable bonds is 7. The van der Waals surface area contributed by atoms with Crippen molar-refractivity contribution in [2.75, 3.05) is 0 Å². The lowest BCUT2D eigenvalue weighted by Gasteiger charge is -2.25. The van der Waals surface area contributed by atoms with E-state index in [1.807, 2.05) is 68.4 Å². The van der Waals surface area contributed by atoms with E-state index in [-0.39, 0.29) is 17.8 Å². The van der Waals surface area contributed by atoms with Gasteiger partial charge in [0, 0.05) is 0 Å². The number of carbonyl (C=O) groups excluding carboxylic acids is 1. The van der Waals surface area contributed by atoms with Crippen molar-refractivity contribution in [3.63, 3.8) is 0 Å². The molecule has 0 aliphatic heterocycles. The largest absolute Gasteiger partial charge is 0.481 e. The Morgan fingerprint density at radius 2 is 1.61 bits per heavy atom. The highest BCUT2D eigenvalue weighted by atomic mass is 19.1. The molecule has 0 heterocycles. The van der Waals surface area contributed by atoms with Gasteiger partial charge in [-0.3, -0.25) is 4.79 Å². The third-order valence-electron chi connectivity index (χ3n) is 4.67. The molecule has 1 N–H and O–H groups in total. The highest BCUT2D eigenvalue weighted by Gasteiger charge is 2.24. The summed E-state index contributed by atoms with van der Waals surface area (Å²) < 4.78 is 18.9. The standard InChI is InChI=1S/C24H24FNO2/c1-3-22(28-20-15-13-19(25)14-16-20)24(27)26-23(18-10-5-4-6-11-18)21-12-8-7-9-17(21)2/h4-16,22-23H,3H2,1-2H3,(H,26,27)/t22-,23-/m1/s1. The molecule has 144 valence electrons. The SMILES string of the molecule is CC[C@@H](Oc1ccc(F)cc1)C(=O)N[C@H](c1ccccc1)c1ccccc1C. The molecule has 3 aromatic carbocycles. The molecule has 3 nitrogen and oxygen atoms in total. The van der Waals surface area contributed by atoms with Gasteiger partial charge in [-0.15, -0.1) is 0 Å². The van der Waals surface area contributed by atoms with E-state index in [9.17, 15) is 9.18 Å². The van der Waals surface area contributed by atoms with Gasteiger partial charge in [0.1, 0.15) is 11.6 Å². The fourth-order valence-corrected chi connectivity index (χ4v) is 3.13. The number of halogens is 1. The van der Waals surface area contributed by atoms with Gasteiger partial charge in [-0.2, -0.15) is 0 Å². The van der Waals surface area contributed by atoms with Crippen LogP contribution in [-0.2, 0) is 4.79 Å². The van der Waals surface area contributed by atoms with E-state index >= 15 is 0 Å². The van der Waals surface area contributed by atoms with E-state index in [1.54, 1.807) is 0 Å². The second-order valence-corrected chi connectivity index (χ2v) is 6.68. The van der Waals surface area contributed by atoms with Gasteiger partial charge in [0.2, 0.25) is 0 Å². The zero-order valence-electron chi connectivity index (χ0n) is 16.1. The number of aryl methyl sites for hydroxylation is 1. The van der Waals surface area contributed by atoms with E-state index in [4.69, 9.17) is 4.74 Å². The first-order valence-corrected chi connectivity index (χ1v) is 9.41. The molecule has 0 aliphatic carbocycles. The third kappa shape index (κ3) is 4.77. The summed E-state index contributed by atoms with van der Waals surface area (Å²) in [5, 5.41) is 3.14. The summed E-state index contributed by atoms with van der Waals surface area (Å²) in [6.45, 7) is 3.92. The lowest BCUT2D eigenvalue weighted by Crippen LogP contribution is -2.40. The van der Waals surface area contributed by atoms with E-state index in [1.165, 1.54) is 24.3 Å². The van der Waals surface area contributed by atoms with Gasteiger partial charge in [0.15, 0.2) is 6.10 Å². The highest BCUT2D eigenvalue weighted by molar-refractivity contribution is 5.82. The highest BCUT2D eigenvalue weighted by Crippen LogP contribution is 2.25. The molecule has 0 unspecified atom stereocenters. The first-order valence-electron chi connectivity index (χ1n) is 9.41. The van der Waals surface area contributed by atoms with Crippen LogP contribution in [0.3, 0.4) is 0 Å². The van der Waals surface area contributed by atoms with Crippen LogP contribution < -0.4 is 10.1 Å². The Morgan fingerprint density at radius 3 is 2.25 bits per heavy atom. The van der Waals surface area contributed by atoms with Gasteiger partial charge in [0.25, 0.3) is 5.91 Å². The average molecular weight is 377 g/mol. The molecule has 0 aliphatic rings. The molecular formula is C24H24FNO2. The molecule has 0 fully saturated rings. The molecule has 4 heteroatoms. The molecule has 0 saturated carbocycles. The summed E-state index contributed by atoms with van der Waals surface area (Å²) in [7, 11) is 0. The van der Waals surface area contributed by atoms with Crippen LogP contribution in [-0.4, -0.2) is 12.0 Å². The first-order chi connectivity index (χ1) is 13.6. The zero-order valence-corrected chi connectivity index (χ0v) is 16.1. The van der Waals surface area contributed by atoms with Crippen LogP contribution in [0.2, 0.25) is 0 Å².